The topological polar surface area (TPSA) is 67.9 Å². The van der Waals surface area contributed by atoms with E-state index in [1.54, 1.807) is 24.1 Å². The largest absolute Gasteiger partial charge is 0.496 e. The minimum Gasteiger partial charge on any atom is -0.496 e. The zero-order valence-corrected chi connectivity index (χ0v) is 14.2. The van der Waals surface area contributed by atoms with Gasteiger partial charge in [-0.2, -0.15) is 0 Å². The standard InChI is InChI=1S/C19H20N2O4/c1-13(22)21-12-18(25-17-10-6-4-8-15(17)21)19(23)20-11-14-7-3-5-9-16(14)24-2/h3-10,18H,11-12H2,1-2H3,(H,20,23)/t18-/m1/s1. The van der Waals surface area contributed by atoms with Gasteiger partial charge in [0.25, 0.3) is 5.91 Å². The van der Waals surface area contributed by atoms with E-state index in [2.05, 4.69) is 5.32 Å². The third-order valence-corrected chi connectivity index (χ3v) is 4.09. The number of benzene rings is 2. The molecule has 0 radical (unpaired) electrons. The molecule has 0 fully saturated rings. The van der Waals surface area contributed by atoms with E-state index in [1.807, 2.05) is 36.4 Å². The summed E-state index contributed by atoms with van der Waals surface area (Å²) in [5.74, 6) is 0.842. The molecule has 25 heavy (non-hydrogen) atoms. The first-order valence-corrected chi connectivity index (χ1v) is 8.03. The normalized spacial score (nSPS) is 15.8. The lowest BCUT2D eigenvalue weighted by Gasteiger charge is -2.33. The van der Waals surface area contributed by atoms with Gasteiger partial charge in [-0.15, -0.1) is 0 Å². The first-order valence-electron chi connectivity index (χ1n) is 8.03. The van der Waals surface area contributed by atoms with E-state index in [4.69, 9.17) is 9.47 Å². The van der Waals surface area contributed by atoms with Crippen molar-refractivity contribution >= 4 is 17.5 Å². The number of carbonyl (C=O) groups excluding carboxylic acids is 2. The third-order valence-electron chi connectivity index (χ3n) is 4.09. The molecular formula is C19H20N2O4. The summed E-state index contributed by atoms with van der Waals surface area (Å²) in [7, 11) is 1.59. The SMILES string of the molecule is COc1ccccc1CNC(=O)[C@H]1CN(C(C)=O)c2ccccc2O1. The summed E-state index contributed by atoms with van der Waals surface area (Å²) in [6.45, 7) is 1.99. The summed E-state index contributed by atoms with van der Waals surface area (Å²) in [6.07, 6.45) is -0.756. The molecule has 2 aromatic carbocycles. The quantitative estimate of drug-likeness (QED) is 0.926. The predicted octanol–water partition coefficient (Wildman–Crippen LogP) is 2.13. The molecule has 130 valence electrons. The van der Waals surface area contributed by atoms with Crippen molar-refractivity contribution in [1.82, 2.24) is 5.32 Å². The van der Waals surface area contributed by atoms with E-state index in [-0.39, 0.29) is 18.4 Å². The third kappa shape index (κ3) is 3.57. The molecule has 1 aliphatic heterocycles. The number of para-hydroxylation sites is 3. The van der Waals surface area contributed by atoms with Gasteiger partial charge in [-0.25, -0.2) is 0 Å². The first-order chi connectivity index (χ1) is 12.1. The molecule has 2 amide bonds. The Balaban J connectivity index is 1.72. The van der Waals surface area contributed by atoms with Crippen LogP contribution in [0.1, 0.15) is 12.5 Å². The molecule has 0 saturated carbocycles. The number of fused-ring (bicyclic) bond motifs is 1. The zero-order valence-electron chi connectivity index (χ0n) is 14.2. The van der Waals surface area contributed by atoms with Crippen LogP contribution in [0.15, 0.2) is 48.5 Å². The van der Waals surface area contributed by atoms with Crippen LogP contribution in [-0.4, -0.2) is 31.6 Å². The number of amides is 2. The Labute approximate surface area is 146 Å². The lowest BCUT2D eigenvalue weighted by atomic mass is 10.1. The maximum atomic E-state index is 12.5. The van der Waals surface area contributed by atoms with E-state index in [0.717, 1.165) is 5.56 Å². The van der Waals surface area contributed by atoms with Crippen LogP contribution in [0.3, 0.4) is 0 Å². The monoisotopic (exact) mass is 340 g/mol. The maximum absolute atomic E-state index is 12.5. The molecular weight excluding hydrogens is 320 g/mol. The first kappa shape index (κ1) is 16.8. The smallest absolute Gasteiger partial charge is 0.263 e. The highest BCUT2D eigenvalue weighted by atomic mass is 16.5. The summed E-state index contributed by atoms with van der Waals surface area (Å²) in [5.41, 5.74) is 1.56. The highest BCUT2D eigenvalue weighted by molar-refractivity contribution is 5.95. The van der Waals surface area contributed by atoms with Gasteiger partial charge < -0.3 is 19.7 Å². The van der Waals surface area contributed by atoms with Crippen LogP contribution in [0.4, 0.5) is 5.69 Å². The Morgan fingerprint density at radius 2 is 1.92 bits per heavy atom. The fraction of sp³-hybridized carbons (Fsp3) is 0.263. The van der Waals surface area contributed by atoms with Gasteiger partial charge in [0.1, 0.15) is 11.5 Å². The van der Waals surface area contributed by atoms with Gasteiger partial charge in [0.05, 0.1) is 19.3 Å². The lowest BCUT2D eigenvalue weighted by molar-refractivity contribution is -0.128. The molecule has 6 heteroatoms. The van der Waals surface area contributed by atoms with Crippen molar-refractivity contribution in [1.29, 1.82) is 0 Å². The van der Waals surface area contributed by atoms with Crippen LogP contribution in [0, 0.1) is 0 Å². The predicted molar refractivity (Wildman–Crippen MR) is 93.7 cm³/mol. The number of anilines is 1. The van der Waals surface area contributed by atoms with Gasteiger partial charge in [-0.3, -0.25) is 9.59 Å². The Kier molecular flexibility index (Phi) is 4.88. The van der Waals surface area contributed by atoms with E-state index < -0.39 is 6.10 Å². The molecule has 1 atom stereocenters. The second-order valence-corrected chi connectivity index (χ2v) is 5.73. The fourth-order valence-corrected chi connectivity index (χ4v) is 2.81. The van der Waals surface area contributed by atoms with Crippen LogP contribution >= 0.6 is 0 Å². The lowest BCUT2D eigenvalue weighted by Crippen LogP contribution is -2.50. The number of nitrogens with zero attached hydrogens (tertiary/aromatic N) is 1. The van der Waals surface area contributed by atoms with E-state index in [9.17, 15) is 9.59 Å². The summed E-state index contributed by atoms with van der Waals surface area (Å²) in [4.78, 5) is 26.0. The van der Waals surface area contributed by atoms with Crippen molar-refractivity contribution < 1.29 is 19.1 Å². The van der Waals surface area contributed by atoms with E-state index >= 15 is 0 Å². The van der Waals surface area contributed by atoms with Crippen LogP contribution in [0.2, 0.25) is 0 Å². The molecule has 0 bridgehead atoms. The van der Waals surface area contributed by atoms with E-state index in [0.29, 0.717) is 23.7 Å². The molecule has 0 aliphatic carbocycles. The van der Waals surface area contributed by atoms with E-state index in [1.165, 1.54) is 6.92 Å². The van der Waals surface area contributed by atoms with Gasteiger partial charge in [-0.1, -0.05) is 30.3 Å². The maximum Gasteiger partial charge on any atom is 0.263 e. The highest BCUT2D eigenvalue weighted by Crippen LogP contribution is 2.33. The van der Waals surface area contributed by atoms with Crippen molar-refractivity contribution in [2.45, 2.75) is 19.6 Å². The number of rotatable bonds is 4. The fourth-order valence-electron chi connectivity index (χ4n) is 2.81. The molecule has 0 aromatic heterocycles. The van der Waals surface area contributed by atoms with Gasteiger partial charge in [0, 0.05) is 19.0 Å². The van der Waals surface area contributed by atoms with Crippen molar-refractivity contribution in [3.8, 4) is 11.5 Å². The molecule has 3 rings (SSSR count). The number of ether oxygens (including phenoxy) is 2. The van der Waals surface area contributed by atoms with Crippen LogP contribution in [-0.2, 0) is 16.1 Å². The second-order valence-electron chi connectivity index (χ2n) is 5.73. The molecule has 1 heterocycles. The van der Waals surface area contributed by atoms with Crippen molar-refractivity contribution in [3.63, 3.8) is 0 Å². The van der Waals surface area contributed by atoms with Crippen LogP contribution in [0.5, 0.6) is 11.5 Å². The van der Waals surface area contributed by atoms with Gasteiger partial charge in [0.15, 0.2) is 6.10 Å². The number of nitrogens with one attached hydrogen (secondary N) is 1. The van der Waals surface area contributed by atoms with Crippen LogP contribution < -0.4 is 19.7 Å². The molecule has 1 N–H and O–H groups in total. The summed E-state index contributed by atoms with van der Waals surface area (Å²) in [5, 5.41) is 2.85. The Bertz CT molecular complexity index is 790. The van der Waals surface area contributed by atoms with Gasteiger partial charge in [0.2, 0.25) is 5.91 Å². The van der Waals surface area contributed by atoms with Crippen LogP contribution in [0.25, 0.3) is 0 Å². The minimum atomic E-state index is -0.756. The Morgan fingerprint density at radius 3 is 2.68 bits per heavy atom. The number of hydrogen-bond acceptors (Lipinski definition) is 4. The molecule has 1 aliphatic rings. The van der Waals surface area contributed by atoms with Crippen molar-refractivity contribution in [2.24, 2.45) is 0 Å². The summed E-state index contributed by atoms with van der Waals surface area (Å²) < 4.78 is 11.1. The van der Waals surface area contributed by atoms with Gasteiger partial charge >= 0.3 is 0 Å². The number of methoxy groups -OCH3 is 1. The summed E-state index contributed by atoms with van der Waals surface area (Å²) in [6, 6.07) is 14.7. The molecule has 6 nitrogen and oxygen atoms in total. The average Bonchev–Trinajstić information content (AvgIpc) is 2.65. The molecule has 0 saturated heterocycles. The minimum absolute atomic E-state index is 0.127. The van der Waals surface area contributed by atoms with Gasteiger partial charge in [-0.05, 0) is 18.2 Å². The van der Waals surface area contributed by atoms with Crippen molar-refractivity contribution in [2.75, 3.05) is 18.6 Å². The Morgan fingerprint density at radius 1 is 1.20 bits per heavy atom. The average molecular weight is 340 g/mol. The number of hydrogen-bond donors (Lipinski definition) is 1. The highest BCUT2D eigenvalue weighted by Gasteiger charge is 2.32. The number of carbonyl (C=O) groups is 2. The second kappa shape index (κ2) is 7.25. The molecule has 2 aromatic rings. The molecule has 0 unspecified atom stereocenters. The zero-order chi connectivity index (χ0) is 17.8. The summed E-state index contributed by atoms with van der Waals surface area (Å²) >= 11 is 0. The molecule has 0 spiro atoms. The Hall–Kier alpha value is -3.02. The van der Waals surface area contributed by atoms with Crippen molar-refractivity contribution in [3.05, 3.63) is 54.1 Å².